The molecule has 0 amide bonds. The third-order valence-corrected chi connectivity index (χ3v) is 7.65. The van der Waals surface area contributed by atoms with Crippen LogP contribution in [-0.4, -0.2) is 25.8 Å². The van der Waals surface area contributed by atoms with Crippen molar-refractivity contribution in [3.05, 3.63) is 29.8 Å². The molecule has 4 nitrogen and oxygen atoms in total. The van der Waals surface area contributed by atoms with Crippen LogP contribution in [0.5, 0.6) is 11.5 Å². The summed E-state index contributed by atoms with van der Waals surface area (Å²) in [6.07, 6.45) is 31.4. The molecule has 236 valence electrons. The normalized spacial score (nSPS) is 11.3. The van der Waals surface area contributed by atoms with Crippen molar-refractivity contribution in [2.45, 2.75) is 162 Å². The van der Waals surface area contributed by atoms with Crippen LogP contribution in [0.4, 0.5) is 0 Å². The van der Waals surface area contributed by atoms with E-state index in [4.69, 9.17) is 14.2 Å². The third kappa shape index (κ3) is 22.3. The van der Waals surface area contributed by atoms with E-state index in [1.807, 2.05) is 18.2 Å². The molecule has 1 aromatic carbocycles. The molecule has 0 unspecified atom stereocenters. The van der Waals surface area contributed by atoms with Crippen molar-refractivity contribution < 1.29 is 19.0 Å². The quantitative estimate of drug-likeness (QED) is 0.0544. The molecule has 0 heterocycles. The molecule has 0 aliphatic heterocycles. The molecule has 0 aromatic heterocycles. The molecule has 0 spiro atoms. The number of esters is 1. The molecule has 41 heavy (non-hydrogen) atoms. The summed E-state index contributed by atoms with van der Waals surface area (Å²) in [6.45, 7) is 8.50. The first-order valence-electron chi connectivity index (χ1n) is 17.5. The maximum absolute atomic E-state index is 12.1. The Bertz CT molecular complexity index is 757. The minimum atomic E-state index is -0.305. The summed E-state index contributed by atoms with van der Waals surface area (Å²) >= 11 is 0. The topological polar surface area (TPSA) is 44.8 Å². The second-order valence-electron chi connectivity index (χ2n) is 11.6. The first kappa shape index (κ1) is 37.1. The average molecular weight is 573 g/mol. The van der Waals surface area contributed by atoms with Gasteiger partial charge in [0.05, 0.1) is 19.8 Å². The van der Waals surface area contributed by atoms with Gasteiger partial charge in [0.15, 0.2) is 0 Å². The molecule has 1 rings (SSSR count). The van der Waals surface area contributed by atoms with Crippen molar-refractivity contribution in [1.29, 1.82) is 0 Å². The summed E-state index contributed by atoms with van der Waals surface area (Å²) < 4.78 is 17.6. The number of benzene rings is 1. The molecule has 0 aliphatic rings. The average Bonchev–Trinajstić information content (AvgIpc) is 2.98. The number of ether oxygens (including phenoxy) is 3. The molecule has 4 heteroatoms. The van der Waals surface area contributed by atoms with E-state index in [0.717, 1.165) is 49.4 Å². The minimum absolute atomic E-state index is 0.305. The van der Waals surface area contributed by atoms with Crippen molar-refractivity contribution in [2.75, 3.05) is 19.8 Å². The molecule has 0 radical (unpaired) electrons. The molecule has 0 bridgehead atoms. The fraction of sp³-hybridized carbons (Fsp3) is 0.757. The van der Waals surface area contributed by atoms with Gasteiger partial charge in [-0.05, 0) is 37.5 Å². The van der Waals surface area contributed by atoms with Crippen LogP contribution >= 0.6 is 0 Å². The summed E-state index contributed by atoms with van der Waals surface area (Å²) in [5, 5.41) is 0. The second-order valence-corrected chi connectivity index (χ2v) is 11.6. The molecule has 0 atom stereocenters. The van der Waals surface area contributed by atoms with E-state index in [-0.39, 0.29) is 5.97 Å². The highest BCUT2D eigenvalue weighted by Gasteiger charge is 2.06. The van der Waals surface area contributed by atoms with E-state index in [9.17, 15) is 4.79 Å². The van der Waals surface area contributed by atoms with Crippen LogP contribution in [0.1, 0.15) is 168 Å². The monoisotopic (exact) mass is 572 g/mol. The van der Waals surface area contributed by atoms with Gasteiger partial charge in [-0.25, -0.2) is 4.79 Å². The van der Waals surface area contributed by atoms with Crippen molar-refractivity contribution in [3.63, 3.8) is 0 Å². The fourth-order valence-corrected chi connectivity index (χ4v) is 4.94. The van der Waals surface area contributed by atoms with Crippen LogP contribution in [0.2, 0.25) is 0 Å². The Morgan fingerprint density at radius 1 is 0.561 bits per heavy atom. The lowest BCUT2D eigenvalue weighted by molar-refractivity contribution is -0.137. The maximum Gasteiger partial charge on any atom is 0.330 e. The zero-order valence-electron chi connectivity index (χ0n) is 27.2. The molecule has 0 saturated carbocycles. The smallest absolute Gasteiger partial charge is 0.330 e. The van der Waals surface area contributed by atoms with Crippen LogP contribution in [0, 0.1) is 0 Å². The van der Waals surface area contributed by atoms with Crippen molar-refractivity contribution in [2.24, 2.45) is 0 Å². The van der Waals surface area contributed by atoms with Gasteiger partial charge in [-0.3, -0.25) is 0 Å². The summed E-state index contributed by atoms with van der Waals surface area (Å²) in [7, 11) is 0. The Morgan fingerprint density at radius 2 is 1.02 bits per heavy atom. The molecule has 0 N–H and O–H groups in total. The van der Waals surface area contributed by atoms with Crippen LogP contribution < -0.4 is 9.47 Å². The Kier molecular flexibility index (Phi) is 25.5. The van der Waals surface area contributed by atoms with E-state index in [0.29, 0.717) is 13.2 Å². The summed E-state index contributed by atoms with van der Waals surface area (Å²) in [6, 6.07) is 5.94. The Labute approximate surface area is 254 Å². The van der Waals surface area contributed by atoms with Gasteiger partial charge in [0.2, 0.25) is 0 Å². The number of rotatable bonds is 29. The van der Waals surface area contributed by atoms with Crippen molar-refractivity contribution in [1.82, 2.24) is 0 Å². The van der Waals surface area contributed by atoms with Gasteiger partial charge in [0.1, 0.15) is 11.5 Å². The molecule has 0 aliphatic carbocycles. The Hall–Kier alpha value is -1.97. The number of carbonyl (C=O) groups is 1. The predicted molar refractivity (Wildman–Crippen MR) is 176 cm³/mol. The summed E-state index contributed by atoms with van der Waals surface area (Å²) in [5.41, 5.74) is 0.885. The van der Waals surface area contributed by atoms with Crippen LogP contribution in [0.15, 0.2) is 24.3 Å². The Balaban J connectivity index is 2.43. The third-order valence-electron chi connectivity index (χ3n) is 7.65. The number of carbonyl (C=O) groups excluding carboxylic acids is 1. The standard InChI is InChI=1S/C37H64O4/c1-4-7-10-12-14-16-18-20-22-24-31-39-35-28-26-34(27-29-37(38)41-30-9-6-3)36(33-35)40-32-25-23-21-19-17-15-13-11-8-5-2/h26-29,33H,4-25,30-32H2,1-3H3. The minimum Gasteiger partial charge on any atom is -0.493 e. The van der Waals surface area contributed by atoms with Gasteiger partial charge in [-0.15, -0.1) is 0 Å². The molecule has 0 fully saturated rings. The highest BCUT2D eigenvalue weighted by Crippen LogP contribution is 2.27. The molecular formula is C37H64O4. The van der Waals surface area contributed by atoms with Gasteiger partial charge >= 0.3 is 5.97 Å². The fourth-order valence-electron chi connectivity index (χ4n) is 4.94. The first-order chi connectivity index (χ1) is 20.2. The Morgan fingerprint density at radius 3 is 1.54 bits per heavy atom. The zero-order chi connectivity index (χ0) is 29.6. The first-order valence-corrected chi connectivity index (χ1v) is 17.5. The van der Waals surface area contributed by atoms with E-state index in [1.54, 1.807) is 6.08 Å². The lowest BCUT2D eigenvalue weighted by atomic mass is 10.1. The number of hydrogen-bond donors (Lipinski definition) is 0. The van der Waals surface area contributed by atoms with Gasteiger partial charge in [-0.1, -0.05) is 143 Å². The highest BCUT2D eigenvalue weighted by atomic mass is 16.5. The highest BCUT2D eigenvalue weighted by molar-refractivity contribution is 5.87. The molecular weight excluding hydrogens is 508 g/mol. The SMILES string of the molecule is CCCCCCCCCCCCOc1ccc(C=CC(=O)OCCCC)c(OCCCCCCCCCCCC)c1. The number of unbranched alkanes of at least 4 members (excludes halogenated alkanes) is 19. The van der Waals surface area contributed by atoms with Gasteiger partial charge in [-0.2, -0.15) is 0 Å². The van der Waals surface area contributed by atoms with E-state index in [1.165, 1.54) is 122 Å². The van der Waals surface area contributed by atoms with Crippen LogP contribution in [0.25, 0.3) is 6.08 Å². The lowest BCUT2D eigenvalue weighted by Gasteiger charge is -2.13. The molecule has 1 aromatic rings. The van der Waals surface area contributed by atoms with Crippen molar-refractivity contribution in [3.8, 4) is 11.5 Å². The van der Waals surface area contributed by atoms with E-state index >= 15 is 0 Å². The largest absolute Gasteiger partial charge is 0.493 e. The van der Waals surface area contributed by atoms with Crippen LogP contribution in [-0.2, 0) is 9.53 Å². The van der Waals surface area contributed by atoms with Gasteiger partial charge < -0.3 is 14.2 Å². The second kappa shape index (κ2) is 28.2. The summed E-state index contributed by atoms with van der Waals surface area (Å²) in [4.78, 5) is 12.1. The zero-order valence-corrected chi connectivity index (χ0v) is 27.2. The van der Waals surface area contributed by atoms with Gasteiger partial charge in [0.25, 0.3) is 0 Å². The van der Waals surface area contributed by atoms with Crippen LogP contribution in [0.3, 0.4) is 0 Å². The lowest BCUT2D eigenvalue weighted by Crippen LogP contribution is -2.03. The van der Waals surface area contributed by atoms with Crippen molar-refractivity contribution >= 4 is 12.0 Å². The summed E-state index contributed by atoms with van der Waals surface area (Å²) in [5.74, 6) is 1.31. The van der Waals surface area contributed by atoms with E-state index in [2.05, 4.69) is 20.8 Å². The van der Waals surface area contributed by atoms with E-state index < -0.39 is 0 Å². The van der Waals surface area contributed by atoms with Gasteiger partial charge in [0, 0.05) is 17.7 Å². The maximum atomic E-state index is 12.1. The number of hydrogen-bond acceptors (Lipinski definition) is 4. The molecule has 0 saturated heterocycles. The predicted octanol–water partition coefficient (Wildman–Crippen LogP) is 11.6.